The van der Waals surface area contributed by atoms with E-state index >= 15 is 0 Å². The van der Waals surface area contributed by atoms with Gasteiger partial charge in [-0.15, -0.1) is 0 Å². The molecule has 7 heteroatoms. The van der Waals surface area contributed by atoms with Crippen LogP contribution in [-0.4, -0.2) is 30.8 Å². The Hall–Kier alpha value is -2.28. The average Bonchev–Trinajstić information content (AvgIpc) is 2.65. The number of carbonyl (C=O) groups excluding carboxylic acids is 1. The fourth-order valence-electron chi connectivity index (χ4n) is 3.39. The van der Waals surface area contributed by atoms with Crippen molar-refractivity contribution < 1.29 is 26.7 Å². The van der Waals surface area contributed by atoms with E-state index in [0.717, 1.165) is 12.1 Å². The number of halogens is 5. The SMILES string of the molecule is CCC(=O)[C@@](C[C@@H](C)N(C)C)(c1ccc(F)cc1)c1c(F)c(F)cc(F)c1F. The Morgan fingerprint density at radius 3 is 1.93 bits per heavy atom. The van der Waals surface area contributed by atoms with Crippen LogP contribution in [0.5, 0.6) is 0 Å². The third kappa shape index (κ3) is 3.81. The van der Waals surface area contributed by atoms with Gasteiger partial charge in [0.25, 0.3) is 0 Å². The maximum absolute atomic E-state index is 14.8. The van der Waals surface area contributed by atoms with Crippen LogP contribution in [0.15, 0.2) is 30.3 Å². The Labute approximate surface area is 161 Å². The number of rotatable bonds is 7. The summed E-state index contributed by atoms with van der Waals surface area (Å²) in [6, 6.07) is 4.22. The molecule has 0 saturated carbocycles. The van der Waals surface area contributed by atoms with E-state index in [1.807, 2.05) is 0 Å². The van der Waals surface area contributed by atoms with E-state index in [9.17, 15) is 26.7 Å². The van der Waals surface area contributed by atoms with Crippen molar-refractivity contribution >= 4 is 5.78 Å². The second kappa shape index (κ2) is 8.39. The molecule has 2 rings (SSSR count). The molecule has 0 aliphatic carbocycles. The van der Waals surface area contributed by atoms with Gasteiger partial charge < -0.3 is 4.90 Å². The van der Waals surface area contributed by atoms with E-state index in [1.165, 1.54) is 19.1 Å². The Morgan fingerprint density at radius 2 is 1.50 bits per heavy atom. The second-order valence-electron chi connectivity index (χ2n) is 7.05. The average molecular weight is 399 g/mol. The molecule has 2 aromatic carbocycles. The second-order valence-corrected chi connectivity index (χ2v) is 7.05. The first-order chi connectivity index (χ1) is 13.1. The van der Waals surface area contributed by atoms with Gasteiger partial charge in [0, 0.05) is 24.1 Å². The van der Waals surface area contributed by atoms with Gasteiger partial charge in [-0.25, -0.2) is 22.0 Å². The van der Waals surface area contributed by atoms with Crippen molar-refractivity contribution in [1.29, 1.82) is 0 Å². The number of ketones is 1. The summed E-state index contributed by atoms with van der Waals surface area (Å²) in [5.74, 6) is -7.69. The molecule has 0 fully saturated rings. The summed E-state index contributed by atoms with van der Waals surface area (Å²) in [6.07, 6.45) is -0.302. The molecular formula is C21H22F5NO. The van der Waals surface area contributed by atoms with Gasteiger partial charge in [0.1, 0.15) is 11.6 Å². The minimum Gasteiger partial charge on any atom is -0.307 e. The number of nitrogens with zero attached hydrogens (tertiary/aromatic N) is 1. The summed E-state index contributed by atoms with van der Waals surface area (Å²) < 4.78 is 71.2. The van der Waals surface area contributed by atoms with E-state index in [4.69, 9.17) is 0 Å². The number of Topliss-reactive ketones (excluding diaryl/α,β-unsaturated/α-hetero) is 1. The lowest BCUT2D eigenvalue weighted by Crippen LogP contribution is -2.44. The van der Waals surface area contributed by atoms with E-state index < -0.39 is 51.9 Å². The summed E-state index contributed by atoms with van der Waals surface area (Å²) in [4.78, 5) is 14.8. The van der Waals surface area contributed by atoms with Crippen LogP contribution in [0.1, 0.15) is 37.8 Å². The van der Waals surface area contributed by atoms with Crippen molar-refractivity contribution in [1.82, 2.24) is 4.90 Å². The highest BCUT2D eigenvalue weighted by atomic mass is 19.2. The molecule has 0 bridgehead atoms. The number of hydrogen-bond donors (Lipinski definition) is 0. The maximum atomic E-state index is 14.8. The summed E-state index contributed by atoms with van der Waals surface area (Å²) in [5, 5.41) is 0. The van der Waals surface area contributed by atoms with Gasteiger partial charge in [-0.05, 0) is 45.1 Å². The fourth-order valence-corrected chi connectivity index (χ4v) is 3.39. The first kappa shape index (κ1) is 22.0. The monoisotopic (exact) mass is 399 g/mol. The Morgan fingerprint density at radius 1 is 1.00 bits per heavy atom. The maximum Gasteiger partial charge on any atom is 0.166 e. The van der Waals surface area contributed by atoms with Gasteiger partial charge in [0.05, 0.1) is 5.41 Å². The zero-order valence-electron chi connectivity index (χ0n) is 16.1. The van der Waals surface area contributed by atoms with Gasteiger partial charge in [-0.3, -0.25) is 4.79 Å². The van der Waals surface area contributed by atoms with Gasteiger partial charge in [-0.2, -0.15) is 0 Å². The minimum absolute atomic E-state index is 0.0669. The summed E-state index contributed by atoms with van der Waals surface area (Å²) in [7, 11) is 3.41. The van der Waals surface area contributed by atoms with Crippen molar-refractivity contribution in [3.05, 3.63) is 70.5 Å². The van der Waals surface area contributed by atoms with E-state index in [1.54, 1.807) is 25.9 Å². The van der Waals surface area contributed by atoms with E-state index in [0.29, 0.717) is 0 Å². The zero-order valence-corrected chi connectivity index (χ0v) is 16.1. The normalized spacial score (nSPS) is 14.8. The zero-order chi connectivity index (χ0) is 21.2. The summed E-state index contributed by atoms with van der Waals surface area (Å²) in [6.45, 7) is 3.21. The van der Waals surface area contributed by atoms with Crippen LogP contribution in [-0.2, 0) is 10.2 Å². The first-order valence-electron chi connectivity index (χ1n) is 8.85. The van der Waals surface area contributed by atoms with Gasteiger partial charge in [0.2, 0.25) is 0 Å². The van der Waals surface area contributed by atoms with Crippen molar-refractivity contribution in [3.63, 3.8) is 0 Å². The van der Waals surface area contributed by atoms with Crippen molar-refractivity contribution in [3.8, 4) is 0 Å². The Balaban J connectivity index is 2.96. The van der Waals surface area contributed by atoms with Gasteiger partial charge in [-0.1, -0.05) is 19.1 Å². The molecule has 0 aromatic heterocycles. The summed E-state index contributed by atoms with van der Waals surface area (Å²) in [5.41, 5.74) is -2.95. The van der Waals surface area contributed by atoms with Crippen LogP contribution in [0.2, 0.25) is 0 Å². The molecule has 0 N–H and O–H groups in total. The fraction of sp³-hybridized carbons (Fsp3) is 0.381. The topological polar surface area (TPSA) is 20.3 Å². The number of benzene rings is 2. The molecular weight excluding hydrogens is 377 g/mol. The van der Waals surface area contributed by atoms with Crippen LogP contribution >= 0.6 is 0 Å². The van der Waals surface area contributed by atoms with E-state index in [-0.39, 0.29) is 24.5 Å². The molecule has 0 unspecified atom stereocenters. The van der Waals surface area contributed by atoms with Crippen LogP contribution in [0, 0.1) is 29.1 Å². The number of hydrogen-bond acceptors (Lipinski definition) is 2. The molecule has 0 aliphatic rings. The van der Waals surface area contributed by atoms with Gasteiger partial charge in [0.15, 0.2) is 23.3 Å². The van der Waals surface area contributed by atoms with Crippen LogP contribution < -0.4 is 0 Å². The lowest BCUT2D eigenvalue weighted by Gasteiger charge is -2.38. The third-order valence-corrected chi connectivity index (χ3v) is 5.16. The predicted molar refractivity (Wildman–Crippen MR) is 96.5 cm³/mol. The molecule has 0 amide bonds. The molecule has 28 heavy (non-hydrogen) atoms. The van der Waals surface area contributed by atoms with Crippen molar-refractivity contribution in [2.45, 2.75) is 38.1 Å². The minimum atomic E-state index is -2.02. The largest absolute Gasteiger partial charge is 0.307 e. The van der Waals surface area contributed by atoms with Crippen molar-refractivity contribution in [2.75, 3.05) is 14.1 Å². The Bertz CT molecular complexity index is 840. The molecule has 0 heterocycles. The lowest BCUT2D eigenvalue weighted by atomic mass is 9.66. The molecule has 2 aromatic rings. The predicted octanol–water partition coefficient (Wildman–Crippen LogP) is 4.99. The van der Waals surface area contributed by atoms with E-state index in [2.05, 4.69) is 0 Å². The Kier molecular flexibility index (Phi) is 6.59. The molecule has 0 spiro atoms. The highest BCUT2D eigenvalue weighted by Crippen LogP contribution is 2.43. The molecule has 2 nitrogen and oxygen atoms in total. The molecule has 0 aliphatic heterocycles. The standard InChI is InChI=1S/C21H22F5NO/c1-5-17(28)21(11-12(2)27(3)4,13-6-8-14(22)9-7-13)18-19(25)15(23)10-16(24)20(18)26/h6-10,12H,5,11H2,1-4H3/t12-,21-/m1/s1. The van der Waals surface area contributed by atoms with Gasteiger partial charge >= 0.3 is 0 Å². The lowest BCUT2D eigenvalue weighted by molar-refractivity contribution is -0.123. The highest BCUT2D eigenvalue weighted by molar-refractivity contribution is 5.94. The summed E-state index contributed by atoms with van der Waals surface area (Å²) >= 11 is 0. The van der Waals surface area contributed by atoms with Crippen molar-refractivity contribution in [2.24, 2.45) is 0 Å². The quantitative estimate of drug-likeness (QED) is 0.483. The third-order valence-electron chi connectivity index (χ3n) is 5.16. The molecule has 0 saturated heterocycles. The van der Waals surface area contributed by atoms with Crippen LogP contribution in [0.4, 0.5) is 22.0 Å². The molecule has 2 atom stereocenters. The molecule has 152 valence electrons. The van der Waals surface area contributed by atoms with Crippen LogP contribution in [0.3, 0.4) is 0 Å². The first-order valence-corrected chi connectivity index (χ1v) is 8.85. The molecule has 0 radical (unpaired) electrons. The smallest absolute Gasteiger partial charge is 0.166 e. The van der Waals surface area contributed by atoms with Crippen LogP contribution in [0.25, 0.3) is 0 Å². The highest BCUT2D eigenvalue weighted by Gasteiger charge is 2.47. The number of carbonyl (C=O) groups is 1.